The first-order chi connectivity index (χ1) is 13.2. The van der Waals surface area contributed by atoms with Crippen molar-refractivity contribution in [1.82, 2.24) is 10.2 Å². The fourth-order valence-electron chi connectivity index (χ4n) is 4.18. The molecular weight excluding hydrogens is 328 g/mol. The van der Waals surface area contributed by atoms with Gasteiger partial charge >= 0.3 is 0 Å². The average Bonchev–Trinajstić information content (AvgIpc) is 2.72. The lowest BCUT2D eigenvalue weighted by Crippen LogP contribution is -2.48. The van der Waals surface area contributed by atoms with Gasteiger partial charge in [0.15, 0.2) is 0 Å². The summed E-state index contributed by atoms with van der Waals surface area (Å²) in [4.78, 5) is 2.72. The summed E-state index contributed by atoms with van der Waals surface area (Å²) in [6, 6.07) is 0.804. The molecule has 2 rings (SSSR count). The first kappa shape index (κ1) is 25.9. The minimum atomic E-state index is 0.279. The molecule has 0 spiro atoms. The van der Waals surface area contributed by atoms with Crippen LogP contribution in [0.1, 0.15) is 73.1 Å². The fraction of sp³-hybridized carbons (Fsp3) is 0.680. The molecule has 156 valence electrons. The molecule has 27 heavy (non-hydrogen) atoms. The lowest BCUT2D eigenvalue weighted by atomic mass is 9.71. The van der Waals surface area contributed by atoms with E-state index in [1.807, 2.05) is 39.8 Å². The molecule has 1 aliphatic carbocycles. The van der Waals surface area contributed by atoms with Crippen LogP contribution in [0.3, 0.4) is 0 Å². The Morgan fingerprint density at radius 1 is 0.963 bits per heavy atom. The van der Waals surface area contributed by atoms with E-state index in [0.717, 1.165) is 19.1 Å². The van der Waals surface area contributed by atoms with Crippen LogP contribution in [0.4, 0.5) is 0 Å². The van der Waals surface area contributed by atoms with Crippen LogP contribution in [-0.2, 0) is 0 Å². The van der Waals surface area contributed by atoms with Crippen molar-refractivity contribution in [3.8, 4) is 0 Å². The Morgan fingerprint density at radius 2 is 1.52 bits per heavy atom. The molecule has 1 heterocycles. The molecule has 1 aliphatic heterocycles. The molecular formula is C25H46N2. The highest BCUT2D eigenvalue weighted by atomic mass is 15.2. The summed E-state index contributed by atoms with van der Waals surface area (Å²) in [6.07, 6.45) is 18.1. The zero-order valence-corrected chi connectivity index (χ0v) is 18.9. The maximum absolute atomic E-state index is 4.06. The predicted octanol–water partition coefficient (Wildman–Crippen LogP) is 6.53. The van der Waals surface area contributed by atoms with E-state index in [1.54, 1.807) is 0 Å². The minimum absolute atomic E-state index is 0.279. The summed E-state index contributed by atoms with van der Waals surface area (Å²) in [5.41, 5.74) is 1.66. The van der Waals surface area contributed by atoms with Crippen molar-refractivity contribution >= 4 is 0 Å². The molecule has 0 aromatic heterocycles. The van der Waals surface area contributed by atoms with Gasteiger partial charge in [-0.15, -0.1) is 0 Å². The second kappa shape index (κ2) is 15.9. The van der Waals surface area contributed by atoms with Crippen LogP contribution in [0.5, 0.6) is 0 Å². The molecule has 0 unspecified atom stereocenters. The third kappa shape index (κ3) is 9.08. The van der Waals surface area contributed by atoms with Gasteiger partial charge in [-0.25, -0.2) is 0 Å². The van der Waals surface area contributed by atoms with Crippen LogP contribution in [-0.4, -0.2) is 37.1 Å². The molecule has 0 aromatic rings. The van der Waals surface area contributed by atoms with Crippen LogP contribution in [0.2, 0.25) is 0 Å². The van der Waals surface area contributed by atoms with E-state index in [9.17, 15) is 0 Å². The molecule has 1 N–H and O–H groups in total. The SMILES string of the molecule is C=C/C=C\C=C(/C=C)C1(C)CCCC(N2CCNCC2)CCC1.CC.CC. The Morgan fingerprint density at radius 3 is 2.00 bits per heavy atom. The van der Waals surface area contributed by atoms with E-state index in [1.165, 1.54) is 57.2 Å². The van der Waals surface area contributed by atoms with Gasteiger partial charge in [-0.05, 0) is 36.7 Å². The zero-order valence-electron chi connectivity index (χ0n) is 18.9. The van der Waals surface area contributed by atoms with Crippen LogP contribution in [0.15, 0.2) is 49.1 Å². The molecule has 0 atom stereocenters. The van der Waals surface area contributed by atoms with Crippen molar-refractivity contribution < 1.29 is 0 Å². The highest BCUT2D eigenvalue weighted by Gasteiger charge is 2.30. The van der Waals surface area contributed by atoms with Crippen molar-refractivity contribution in [3.05, 3.63) is 49.1 Å². The van der Waals surface area contributed by atoms with E-state index in [4.69, 9.17) is 0 Å². The van der Waals surface area contributed by atoms with Crippen molar-refractivity contribution in [2.24, 2.45) is 5.41 Å². The average molecular weight is 375 g/mol. The maximum Gasteiger partial charge on any atom is 0.0110 e. The second-order valence-electron chi connectivity index (χ2n) is 7.23. The van der Waals surface area contributed by atoms with Crippen LogP contribution in [0.25, 0.3) is 0 Å². The topological polar surface area (TPSA) is 15.3 Å². The number of rotatable bonds is 5. The Bertz CT molecular complexity index is 431. The second-order valence-corrected chi connectivity index (χ2v) is 7.23. The van der Waals surface area contributed by atoms with Gasteiger partial charge in [0, 0.05) is 32.2 Å². The summed E-state index contributed by atoms with van der Waals surface area (Å²) in [5.74, 6) is 0. The lowest BCUT2D eigenvalue weighted by molar-refractivity contribution is 0.134. The van der Waals surface area contributed by atoms with Crippen molar-refractivity contribution in [2.45, 2.75) is 79.2 Å². The van der Waals surface area contributed by atoms with Gasteiger partial charge < -0.3 is 5.32 Å². The molecule has 2 heteroatoms. The number of hydrogen-bond acceptors (Lipinski definition) is 2. The number of nitrogens with one attached hydrogen (secondary N) is 1. The molecule has 2 nitrogen and oxygen atoms in total. The standard InChI is InChI=1S/C21H34N2.2C2H6/c1-4-6-7-10-19(5-2)21(3)13-8-11-20(12-9-14-21)23-17-15-22-16-18-23;2*1-2/h4-7,10,20,22H,1-2,8-9,11-18H2,3H3;2*1-2H3/b7-6-,19-10+;;. The monoisotopic (exact) mass is 374 g/mol. The van der Waals surface area contributed by atoms with Gasteiger partial charge in [-0.2, -0.15) is 0 Å². The summed E-state index contributed by atoms with van der Waals surface area (Å²) >= 11 is 0. The number of nitrogens with zero attached hydrogens (tertiary/aromatic N) is 1. The summed E-state index contributed by atoms with van der Waals surface area (Å²) in [6.45, 7) is 23.0. The third-order valence-corrected chi connectivity index (χ3v) is 5.64. The molecule has 0 radical (unpaired) electrons. The molecule has 0 amide bonds. The molecule has 2 fully saturated rings. The Kier molecular flexibility index (Phi) is 15.2. The quantitative estimate of drug-likeness (QED) is 0.550. The predicted molar refractivity (Wildman–Crippen MR) is 124 cm³/mol. The van der Waals surface area contributed by atoms with Gasteiger partial charge in [0.05, 0.1) is 0 Å². The molecule has 1 saturated heterocycles. The van der Waals surface area contributed by atoms with Crippen molar-refractivity contribution in [3.63, 3.8) is 0 Å². The summed E-state index contributed by atoms with van der Waals surface area (Å²) in [7, 11) is 0. The first-order valence-electron chi connectivity index (χ1n) is 11.3. The zero-order chi connectivity index (χ0) is 20.5. The molecule has 1 saturated carbocycles. The van der Waals surface area contributed by atoms with Crippen LogP contribution < -0.4 is 5.32 Å². The van der Waals surface area contributed by atoms with Gasteiger partial charge in [0.2, 0.25) is 0 Å². The summed E-state index contributed by atoms with van der Waals surface area (Å²) in [5, 5.41) is 3.47. The Hall–Kier alpha value is -1.12. The third-order valence-electron chi connectivity index (χ3n) is 5.64. The maximum atomic E-state index is 4.06. The van der Waals surface area contributed by atoms with Crippen molar-refractivity contribution in [1.29, 1.82) is 0 Å². The molecule has 0 bridgehead atoms. The van der Waals surface area contributed by atoms with E-state index < -0.39 is 0 Å². The van der Waals surface area contributed by atoms with Crippen molar-refractivity contribution in [2.75, 3.05) is 26.2 Å². The van der Waals surface area contributed by atoms with Crippen LogP contribution in [0, 0.1) is 5.41 Å². The highest BCUT2D eigenvalue weighted by Crippen LogP contribution is 2.41. The Balaban J connectivity index is 0.00000158. The van der Waals surface area contributed by atoms with E-state index in [-0.39, 0.29) is 5.41 Å². The number of hydrogen-bond donors (Lipinski definition) is 1. The van der Waals surface area contributed by atoms with E-state index in [0.29, 0.717) is 0 Å². The van der Waals surface area contributed by atoms with Crippen LogP contribution >= 0.6 is 0 Å². The molecule has 0 aromatic carbocycles. The lowest BCUT2D eigenvalue weighted by Gasteiger charge is -2.39. The van der Waals surface area contributed by atoms with E-state index >= 15 is 0 Å². The smallest absolute Gasteiger partial charge is 0.0110 e. The Labute approximate surface area is 170 Å². The number of allylic oxidation sites excluding steroid dienone is 6. The van der Waals surface area contributed by atoms with Gasteiger partial charge in [-0.1, -0.05) is 91.0 Å². The summed E-state index contributed by atoms with van der Waals surface area (Å²) < 4.78 is 0. The van der Waals surface area contributed by atoms with Gasteiger partial charge in [-0.3, -0.25) is 4.90 Å². The minimum Gasteiger partial charge on any atom is -0.314 e. The fourth-order valence-corrected chi connectivity index (χ4v) is 4.18. The van der Waals surface area contributed by atoms with Gasteiger partial charge in [0.25, 0.3) is 0 Å². The number of piperazine rings is 1. The largest absolute Gasteiger partial charge is 0.314 e. The first-order valence-corrected chi connectivity index (χ1v) is 11.3. The molecule has 2 aliphatic rings. The normalized spacial score (nSPS) is 27.3. The van der Waals surface area contributed by atoms with E-state index in [2.05, 4.69) is 48.5 Å². The highest BCUT2D eigenvalue weighted by molar-refractivity contribution is 5.29. The van der Waals surface area contributed by atoms with Gasteiger partial charge in [0.1, 0.15) is 0 Å².